The van der Waals surface area contributed by atoms with Crippen LogP contribution in [0.3, 0.4) is 0 Å². The topological polar surface area (TPSA) is 100 Å². The Morgan fingerprint density at radius 3 is 2.72 bits per heavy atom. The smallest absolute Gasteiger partial charge is 0.313 e. The summed E-state index contributed by atoms with van der Waals surface area (Å²) in [6.45, 7) is 0.358. The number of aromatic nitrogens is 1. The van der Waals surface area contributed by atoms with Gasteiger partial charge in [0.05, 0.1) is 10.7 Å². The molecular weight excluding hydrogens is 340 g/mol. The number of rotatable bonds is 4. The lowest BCUT2D eigenvalue weighted by Crippen LogP contribution is -2.36. The second-order valence-electron chi connectivity index (χ2n) is 5.56. The largest absolute Gasteiger partial charge is 0.398 e. The van der Waals surface area contributed by atoms with E-state index in [1.807, 2.05) is 30.5 Å². The molecule has 2 amide bonds. The molecule has 0 spiro atoms. The summed E-state index contributed by atoms with van der Waals surface area (Å²) in [4.78, 5) is 27.0. The van der Waals surface area contributed by atoms with Gasteiger partial charge in [0.2, 0.25) is 0 Å². The Labute approximate surface area is 149 Å². The minimum absolute atomic E-state index is 0.317. The van der Waals surface area contributed by atoms with Crippen molar-refractivity contribution in [1.82, 2.24) is 10.3 Å². The number of carbonyl (C=O) groups excluding carboxylic acids is 2. The van der Waals surface area contributed by atoms with Crippen molar-refractivity contribution in [1.29, 1.82) is 0 Å². The first-order chi connectivity index (χ1) is 12.0. The lowest BCUT2D eigenvalue weighted by Gasteiger charge is -2.07. The van der Waals surface area contributed by atoms with Gasteiger partial charge in [0.25, 0.3) is 0 Å². The van der Waals surface area contributed by atoms with Gasteiger partial charge in [0, 0.05) is 29.3 Å². The van der Waals surface area contributed by atoms with E-state index in [2.05, 4.69) is 15.6 Å². The average molecular weight is 357 g/mol. The van der Waals surface area contributed by atoms with Crippen molar-refractivity contribution in [3.8, 4) is 0 Å². The summed E-state index contributed by atoms with van der Waals surface area (Å²) < 4.78 is 0. The van der Waals surface area contributed by atoms with Crippen LogP contribution in [0.25, 0.3) is 10.9 Å². The SMILES string of the molecule is Nc1ccc(NC(=O)C(=O)NCCc2c[nH]c3ccccc23)cc1Cl. The Morgan fingerprint density at radius 2 is 1.92 bits per heavy atom. The highest BCUT2D eigenvalue weighted by atomic mass is 35.5. The first-order valence-corrected chi connectivity index (χ1v) is 8.11. The van der Waals surface area contributed by atoms with Gasteiger partial charge in [0.1, 0.15) is 0 Å². The third kappa shape index (κ3) is 3.92. The van der Waals surface area contributed by atoms with Gasteiger partial charge in [-0.05, 0) is 36.2 Å². The van der Waals surface area contributed by atoms with E-state index in [0.717, 1.165) is 16.5 Å². The van der Waals surface area contributed by atoms with E-state index in [4.69, 9.17) is 17.3 Å². The van der Waals surface area contributed by atoms with E-state index in [1.165, 1.54) is 6.07 Å². The van der Waals surface area contributed by atoms with Gasteiger partial charge in [0.15, 0.2) is 0 Å². The van der Waals surface area contributed by atoms with Gasteiger partial charge in [-0.15, -0.1) is 0 Å². The Balaban J connectivity index is 1.53. The average Bonchev–Trinajstić information content (AvgIpc) is 3.01. The molecule has 2 aromatic carbocycles. The molecule has 5 N–H and O–H groups in total. The number of nitrogens with one attached hydrogen (secondary N) is 3. The fourth-order valence-corrected chi connectivity index (χ4v) is 2.70. The molecule has 6 nitrogen and oxygen atoms in total. The van der Waals surface area contributed by atoms with E-state index >= 15 is 0 Å². The van der Waals surface area contributed by atoms with Gasteiger partial charge in [-0.1, -0.05) is 29.8 Å². The van der Waals surface area contributed by atoms with Crippen molar-refractivity contribution >= 4 is 45.7 Å². The molecule has 25 heavy (non-hydrogen) atoms. The van der Waals surface area contributed by atoms with Crippen LogP contribution in [0.1, 0.15) is 5.56 Å². The van der Waals surface area contributed by atoms with Crippen LogP contribution in [0.15, 0.2) is 48.7 Å². The maximum Gasteiger partial charge on any atom is 0.313 e. The molecule has 128 valence electrons. The summed E-state index contributed by atoms with van der Waals surface area (Å²) in [6.07, 6.45) is 2.53. The van der Waals surface area contributed by atoms with Gasteiger partial charge in [-0.25, -0.2) is 0 Å². The van der Waals surface area contributed by atoms with Crippen LogP contribution in [0.4, 0.5) is 11.4 Å². The summed E-state index contributed by atoms with van der Waals surface area (Å²) in [5, 5.41) is 6.52. The zero-order valence-corrected chi connectivity index (χ0v) is 14.1. The molecule has 0 aliphatic rings. The minimum Gasteiger partial charge on any atom is -0.398 e. The number of hydrogen-bond acceptors (Lipinski definition) is 3. The van der Waals surface area contributed by atoms with Crippen LogP contribution in [0.2, 0.25) is 5.02 Å². The zero-order chi connectivity index (χ0) is 17.8. The standard InChI is InChI=1S/C18H17ClN4O2/c19-14-9-12(5-6-15(14)20)23-18(25)17(24)21-8-7-11-10-22-16-4-2-1-3-13(11)16/h1-6,9-10,22H,7-8,20H2,(H,21,24)(H,23,25). The van der Waals surface area contributed by atoms with Gasteiger partial charge in [-0.2, -0.15) is 0 Å². The molecule has 0 saturated carbocycles. The van der Waals surface area contributed by atoms with Crippen molar-refractivity contribution in [2.24, 2.45) is 0 Å². The number of para-hydroxylation sites is 1. The number of aromatic amines is 1. The molecule has 0 bridgehead atoms. The number of nitrogens with two attached hydrogens (primary N) is 1. The van der Waals surface area contributed by atoms with E-state index in [9.17, 15) is 9.59 Å². The molecule has 3 rings (SSSR count). The molecular formula is C18H17ClN4O2. The molecule has 3 aromatic rings. The number of hydrogen-bond donors (Lipinski definition) is 4. The zero-order valence-electron chi connectivity index (χ0n) is 13.3. The highest BCUT2D eigenvalue weighted by Crippen LogP contribution is 2.22. The van der Waals surface area contributed by atoms with Crippen molar-refractivity contribution in [3.05, 3.63) is 59.2 Å². The molecule has 0 aliphatic carbocycles. The second kappa shape index (κ2) is 7.27. The van der Waals surface area contributed by atoms with Gasteiger partial charge in [-0.3, -0.25) is 9.59 Å². The van der Waals surface area contributed by atoms with Crippen LogP contribution in [0.5, 0.6) is 0 Å². The van der Waals surface area contributed by atoms with Crippen LogP contribution < -0.4 is 16.4 Å². The first-order valence-electron chi connectivity index (χ1n) is 7.74. The maximum atomic E-state index is 11.9. The fraction of sp³-hybridized carbons (Fsp3) is 0.111. The predicted octanol–water partition coefficient (Wildman–Crippen LogP) is 2.70. The molecule has 0 unspecified atom stereocenters. The third-order valence-corrected chi connectivity index (χ3v) is 4.15. The molecule has 0 saturated heterocycles. The Hall–Kier alpha value is -2.99. The summed E-state index contributed by atoms with van der Waals surface area (Å²) in [7, 11) is 0. The molecule has 7 heteroatoms. The van der Waals surface area contributed by atoms with Crippen molar-refractivity contribution in [2.75, 3.05) is 17.6 Å². The Morgan fingerprint density at radius 1 is 1.12 bits per heavy atom. The quantitative estimate of drug-likeness (QED) is 0.427. The van der Waals surface area contributed by atoms with Crippen molar-refractivity contribution < 1.29 is 9.59 Å². The number of benzene rings is 2. The highest BCUT2D eigenvalue weighted by molar-refractivity contribution is 6.40. The molecule has 1 aromatic heterocycles. The summed E-state index contributed by atoms with van der Waals surface area (Å²) in [5.74, 6) is -1.45. The molecule has 1 heterocycles. The van der Waals surface area contributed by atoms with E-state index in [0.29, 0.717) is 29.4 Å². The number of fused-ring (bicyclic) bond motifs is 1. The molecule has 0 fully saturated rings. The highest BCUT2D eigenvalue weighted by Gasteiger charge is 2.14. The van der Waals surface area contributed by atoms with Crippen LogP contribution >= 0.6 is 11.6 Å². The third-order valence-electron chi connectivity index (χ3n) is 3.82. The Bertz CT molecular complexity index is 936. The Kier molecular flexibility index (Phi) is 4.90. The number of carbonyl (C=O) groups is 2. The van der Waals surface area contributed by atoms with E-state index in [1.54, 1.807) is 12.1 Å². The fourth-order valence-electron chi connectivity index (χ4n) is 2.52. The number of anilines is 2. The summed E-state index contributed by atoms with van der Waals surface area (Å²) in [5.41, 5.74) is 8.55. The van der Waals surface area contributed by atoms with Crippen LogP contribution in [0, 0.1) is 0 Å². The molecule has 0 atom stereocenters. The number of H-pyrrole nitrogens is 1. The number of halogens is 1. The lowest BCUT2D eigenvalue weighted by atomic mass is 10.1. The van der Waals surface area contributed by atoms with Crippen LogP contribution in [-0.2, 0) is 16.0 Å². The van der Waals surface area contributed by atoms with Gasteiger partial charge >= 0.3 is 11.8 Å². The minimum atomic E-state index is -0.750. The summed E-state index contributed by atoms with van der Waals surface area (Å²) >= 11 is 5.89. The van der Waals surface area contributed by atoms with Crippen molar-refractivity contribution in [2.45, 2.75) is 6.42 Å². The molecule has 0 radical (unpaired) electrons. The van der Waals surface area contributed by atoms with E-state index < -0.39 is 11.8 Å². The lowest BCUT2D eigenvalue weighted by molar-refractivity contribution is -0.136. The number of nitrogen functional groups attached to an aromatic ring is 1. The van der Waals surface area contributed by atoms with Crippen molar-refractivity contribution in [3.63, 3.8) is 0 Å². The second-order valence-corrected chi connectivity index (χ2v) is 5.96. The molecule has 0 aliphatic heterocycles. The van der Waals surface area contributed by atoms with Crippen LogP contribution in [-0.4, -0.2) is 23.3 Å². The van der Waals surface area contributed by atoms with Gasteiger partial charge < -0.3 is 21.4 Å². The summed E-state index contributed by atoms with van der Waals surface area (Å²) in [6, 6.07) is 12.6. The predicted molar refractivity (Wildman–Crippen MR) is 99.5 cm³/mol. The van der Waals surface area contributed by atoms with E-state index in [-0.39, 0.29) is 0 Å². The normalized spacial score (nSPS) is 10.6. The first kappa shape index (κ1) is 16.9. The maximum absolute atomic E-state index is 11.9. The number of amides is 2. The monoisotopic (exact) mass is 356 g/mol.